The van der Waals surface area contributed by atoms with E-state index in [1.165, 1.54) is 29.8 Å². The average molecular weight is 317 g/mol. The van der Waals surface area contributed by atoms with Crippen molar-refractivity contribution in [3.05, 3.63) is 29.4 Å². The van der Waals surface area contributed by atoms with E-state index in [2.05, 4.69) is 9.97 Å². The zero-order valence-corrected chi connectivity index (χ0v) is 10.8. The van der Waals surface area contributed by atoms with E-state index in [1.54, 1.807) is 0 Å². The van der Waals surface area contributed by atoms with Crippen molar-refractivity contribution in [1.29, 1.82) is 0 Å². The number of nitrogens with zero attached hydrogens (tertiary/aromatic N) is 2. The molecule has 0 radical (unpaired) electrons. The normalized spacial score (nSPS) is 11.2. The number of halogens is 3. The van der Waals surface area contributed by atoms with Crippen molar-refractivity contribution < 1.29 is 27.9 Å². The van der Waals surface area contributed by atoms with Gasteiger partial charge in [-0.2, -0.15) is 13.2 Å². The predicted molar refractivity (Wildman–Crippen MR) is 67.0 cm³/mol. The maximum absolute atomic E-state index is 12.2. The van der Waals surface area contributed by atoms with Gasteiger partial charge in [-0.25, -0.2) is 9.78 Å². The fraction of sp³-hybridized carbons (Fsp3) is 0.0909. The Balaban J connectivity index is 2.39. The van der Waals surface area contributed by atoms with Crippen molar-refractivity contribution in [3.8, 4) is 11.3 Å². The fourth-order valence-corrected chi connectivity index (χ4v) is 2.21. The summed E-state index contributed by atoms with van der Waals surface area (Å²) in [7, 11) is 0. The van der Waals surface area contributed by atoms with Gasteiger partial charge in [0, 0.05) is 18.0 Å². The second-order valence-electron chi connectivity index (χ2n) is 3.69. The number of alkyl halides is 3. The van der Waals surface area contributed by atoms with Crippen molar-refractivity contribution in [3.63, 3.8) is 0 Å². The molecule has 0 aliphatic heterocycles. The zero-order chi connectivity index (χ0) is 15.6. The summed E-state index contributed by atoms with van der Waals surface area (Å²) in [6, 6.07) is 2.91. The number of hydrogen-bond donors (Lipinski definition) is 2. The number of aromatic nitrogens is 2. The highest BCUT2D eigenvalue weighted by Gasteiger charge is 2.39. The van der Waals surface area contributed by atoms with Crippen LogP contribution in [0.15, 0.2) is 24.5 Å². The molecule has 1 amide bonds. The number of aromatic carboxylic acids is 1. The van der Waals surface area contributed by atoms with Gasteiger partial charge >= 0.3 is 18.1 Å². The Kier molecular flexibility index (Phi) is 3.89. The van der Waals surface area contributed by atoms with E-state index in [9.17, 15) is 22.8 Å². The number of pyridine rings is 1. The smallest absolute Gasteiger partial charge is 0.471 e. The van der Waals surface area contributed by atoms with Crippen molar-refractivity contribution in [1.82, 2.24) is 9.97 Å². The van der Waals surface area contributed by atoms with E-state index >= 15 is 0 Å². The minimum absolute atomic E-state index is 0.0348. The quantitative estimate of drug-likeness (QED) is 0.907. The molecule has 2 N–H and O–H groups in total. The molecule has 2 heterocycles. The van der Waals surface area contributed by atoms with Crippen LogP contribution in [0.3, 0.4) is 0 Å². The van der Waals surface area contributed by atoms with Gasteiger partial charge in [0.15, 0.2) is 5.13 Å². The summed E-state index contributed by atoms with van der Waals surface area (Å²) in [4.78, 5) is 29.1. The van der Waals surface area contributed by atoms with Crippen LogP contribution in [0.2, 0.25) is 0 Å². The largest absolute Gasteiger partial charge is 0.477 e. The van der Waals surface area contributed by atoms with E-state index in [-0.39, 0.29) is 10.6 Å². The average Bonchev–Trinajstić information content (AvgIpc) is 2.83. The summed E-state index contributed by atoms with van der Waals surface area (Å²) in [6.45, 7) is 0. The molecule has 2 rings (SSSR count). The lowest BCUT2D eigenvalue weighted by Crippen LogP contribution is -2.29. The molecular formula is C11H6F3N3O3S. The number of carboxylic acids is 1. The Morgan fingerprint density at radius 3 is 2.38 bits per heavy atom. The van der Waals surface area contributed by atoms with E-state index in [0.717, 1.165) is 0 Å². The van der Waals surface area contributed by atoms with Crippen LogP contribution in [0.4, 0.5) is 18.3 Å². The van der Waals surface area contributed by atoms with Crippen LogP contribution in [-0.4, -0.2) is 33.1 Å². The van der Waals surface area contributed by atoms with Crippen molar-refractivity contribution in [2.45, 2.75) is 6.18 Å². The standard InChI is InChI=1S/C11H6F3N3O3S/c12-11(13,14)9(20)17-10-16-6(7(21-10)8(18)19)5-1-3-15-4-2-5/h1-4H,(H,18,19)(H,16,17,20). The molecule has 0 saturated heterocycles. The fourth-order valence-electron chi connectivity index (χ4n) is 1.39. The van der Waals surface area contributed by atoms with Gasteiger partial charge in [0.05, 0.1) is 5.69 Å². The van der Waals surface area contributed by atoms with Gasteiger partial charge in [-0.15, -0.1) is 0 Å². The number of carbonyl (C=O) groups excluding carboxylic acids is 1. The summed E-state index contributed by atoms with van der Waals surface area (Å²) in [5, 5.41) is 10.1. The number of anilines is 1. The molecule has 6 nitrogen and oxygen atoms in total. The summed E-state index contributed by atoms with van der Waals surface area (Å²) in [5.41, 5.74) is 0.332. The Morgan fingerprint density at radius 2 is 1.86 bits per heavy atom. The molecule has 0 spiro atoms. The van der Waals surface area contributed by atoms with Gasteiger partial charge in [0.1, 0.15) is 4.88 Å². The molecule has 0 bridgehead atoms. The molecule has 0 aliphatic carbocycles. The van der Waals surface area contributed by atoms with Crippen LogP contribution in [-0.2, 0) is 4.79 Å². The van der Waals surface area contributed by atoms with E-state index < -0.39 is 23.2 Å². The Hall–Kier alpha value is -2.49. The molecule has 0 atom stereocenters. The van der Waals surface area contributed by atoms with Crippen LogP contribution in [0.1, 0.15) is 9.67 Å². The number of rotatable bonds is 3. The van der Waals surface area contributed by atoms with Crippen LogP contribution in [0.5, 0.6) is 0 Å². The predicted octanol–water partition coefficient (Wildman–Crippen LogP) is 2.40. The number of thiazole rings is 1. The maximum atomic E-state index is 12.2. The SMILES string of the molecule is O=C(O)c1sc(NC(=O)C(F)(F)F)nc1-c1ccncc1. The first kappa shape index (κ1) is 14.9. The first-order valence-corrected chi connectivity index (χ1v) is 6.13. The second kappa shape index (κ2) is 5.48. The Bertz CT molecular complexity index is 685. The van der Waals surface area contributed by atoms with Crippen LogP contribution in [0.25, 0.3) is 11.3 Å². The van der Waals surface area contributed by atoms with Crippen LogP contribution in [0, 0.1) is 0 Å². The lowest BCUT2D eigenvalue weighted by atomic mass is 10.2. The molecular weight excluding hydrogens is 311 g/mol. The highest BCUT2D eigenvalue weighted by molar-refractivity contribution is 7.18. The number of carboxylic acid groups (broad SMARTS) is 1. The Morgan fingerprint density at radius 1 is 1.24 bits per heavy atom. The van der Waals surface area contributed by atoms with E-state index in [0.29, 0.717) is 16.9 Å². The highest BCUT2D eigenvalue weighted by atomic mass is 32.1. The van der Waals surface area contributed by atoms with E-state index in [4.69, 9.17) is 5.11 Å². The number of hydrogen-bond acceptors (Lipinski definition) is 5. The van der Waals surface area contributed by atoms with Gasteiger partial charge < -0.3 is 5.11 Å². The third-order valence-corrected chi connectivity index (χ3v) is 3.21. The molecule has 0 saturated carbocycles. The van der Waals surface area contributed by atoms with Gasteiger partial charge in [-0.05, 0) is 12.1 Å². The minimum atomic E-state index is -5.08. The molecule has 2 aromatic heterocycles. The number of carbonyl (C=O) groups is 2. The third-order valence-electron chi connectivity index (χ3n) is 2.25. The van der Waals surface area contributed by atoms with Gasteiger partial charge in [0.2, 0.25) is 0 Å². The van der Waals surface area contributed by atoms with Gasteiger partial charge in [-0.3, -0.25) is 15.1 Å². The molecule has 0 unspecified atom stereocenters. The second-order valence-corrected chi connectivity index (χ2v) is 4.69. The van der Waals surface area contributed by atoms with Gasteiger partial charge in [-0.1, -0.05) is 11.3 Å². The molecule has 0 fully saturated rings. The minimum Gasteiger partial charge on any atom is -0.477 e. The number of amides is 1. The first-order valence-electron chi connectivity index (χ1n) is 5.31. The molecule has 110 valence electrons. The summed E-state index contributed by atoms with van der Waals surface area (Å²) in [5.74, 6) is -3.57. The van der Waals surface area contributed by atoms with Crippen molar-refractivity contribution >= 4 is 28.3 Å². The molecule has 2 aromatic rings. The first-order chi connectivity index (χ1) is 9.79. The maximum Gasteiger partial charge on any atom is 0.471 e. The third kappa shape index (κ3) is 3.34. The van der Waals surface area contributed by atoms with Gasteiger partial charge in [0.25, 0.3) is 0 Å². The summed E-state index contributed by atoms with van der Waals surface area (Å²) < 4.78 is 36.5. The molecule has 21 heavy (non-hydrogen) atoms. The van der Waals surface area contributed by atoms with E-state index in [1.807, 2.05) is 0 Å². The lowest BCUT2D eigenvalue weighted by molar-refractivity contribution is -0.167. The van der Waals surface area contributed by atoms with Crippen LogP contribution >= 0.6 is 11.3 Å². The topological polar surface area (TPSA) is 92.2 Å². The molecule has 10 heteroatoms. The molecule has 0 aliphatic rings. The summed E-state index contributed by atoms with van der Waals surface area (Å²) >= 11 is 0.444. The van der Waals surface area contributed by atoms with Crippen molar-refractivity contribution in [2.24, 2.45) is 0 Å². The summed E-state index contributed by atoms with van der Waals surface area (Å²) in [6.07, 6.45) is -2.31. The number of nitrogens with one attached hydrogen (secondary N) is 1. The zero-order valence-electron chi connectivity index (χ0n) is 10.0. The monoisotopic (exact) mass is 317 g/mol. The molecule has 0 aromatic carbocycles. The lowest BCUT2D eigenvalue weighted by Gasteiger charge is -2.04. The van der Waals surface area contributed by atoms with Crippen LogP contribution < -0.4 is 5.32 Å². The Labute approximate surface area is 119 Å². The van der Waals surface area contributed by atoms with Crippen molar-refractivity contribution in [2.75, 3.05) is 5.32 Å². The highest BCUT2D eigenvalue weighted by Crippen LogP contribution is 2.31.